The standard InChI is InChI=1S/C14H20ClN3/c1-5-8-16-10(3)14-17-12-7-6-11(15)9(2)13(12)18(14)4/h6-7,10,16H,5,8H2,1-4H3. The highest BCUT2D eigenvalue weighted by molar-refractivity contribution is 6.32. The van der Waals surface area contributed by atoms with E-state index in [-0.39, 0.29) is 6.04 Å². The summed E-state index contributed by atoms with van der Waals surface area (Å²) in [5, 5.41) is 4.27. The van der Waals surface area contributed by atoms with Crippen LogP contribution in [0.3, 0.4) is 0 Å². The Morgan fingerprint density at radius 3 is 2.83 bits per heavy atom. The highest BCUT2D eigenvalue weighted by atomic mass is 35.5. The van der Waals surface area contributed by atoms with Gasteiger partial charge in [0.25, 0.3) is 0 Å². The second-order valence-corrected chi connectivity index (χ2v) is 5.15. The molecule has 0 aliphatic heterocycles. The molecule has 0 radical (unpaired) electrons. The Morgan fingerprint density at radius 2 is 2.17 bits per heavy atom. The Labute approximate surface area is 113 Å². The lowest BCUT2D eigenvalue weighted by Crippen LogP contribution is -2.22. The van der Waals surface area contributed by atoms with Crippen molar-refractivity contribution in [2.75, 3.05) is 6.54 Å². The zero-order valence-electron chi connectivity index (χ0n) is 11.4. The molecule has 1 aromatic carbocycles. The molecule has 3 nitrogen and oxygen atoms in total. The molecule has 98 valence electrons. The number of benzene rings is 1. The molecule has 1 atom stereocenters. The number of halogens is 1. The Balaban J connectivity index is 2.47. The quantitative estimate of drug-likeness (QED) is 0.916. The van der Waals surface area contributed by atoms with E-state index in [9.17, 15) is 0 Å². The van der Waals surface area contributed by atoms with Crippen LogP contribution in [0.15, 0.2) is 12.1 Å². The van der Waals surface area contributed by atoms with Crippen molar-refractivity contribution in [1.82, 2.24) is 14.9 Å². The summed E-state index contributed by atoms with van der Waals surface area (Å²) in [6, 6.07) is 4.15. The van der Waals surface area contributed by atoms with Crippen molar-refractivity contribution in [3.05, 3.63) is 28.5 Å². The number of fused-ring (bicyclic) bond motifs is 1. The van der Waals surface area contributed by atoms with E-state index in [0.717, 1.165) is 40.4 Å². The van der Waals surface area contributed by atoms with Gasteiger partial charge in [-0.05, 0) is 44.5 Å². The largest absolute Gasteiger partial charge is 0.330 e. The molecule has 0 aliphatic rings. The normalized spacial score (nSPS) is 13.2. The zero-order valence-corrected chi connectivity index (χ0v) is 12.2. The maximum atomic E-state index is 6.18. The van der Waals surface area contributed by atoms with E-state index in [1.807, 2.05) is 19.1 Å². The molecule has 0 saturated carbocycles. The van der Waals surface area contributed by atoms with Gasteiger partial charge in [0.2, 0.25) is 0 Å². The molecule has 1 aromatic heterocycles. The fraction of sp³-hybridized carbons (Fsp3) is 0.500. The average Bonchev–Trinajstić information content (AvgIpc) is 2.69. The van der Waals surface area contributed by atoms with Crippen molar-refractivity contribution in [3.63, 3.8) is 0 Å². The van der Waals surface area contributed by atoms with Crippen LogP contribution in [0.2, 0.25) is 5.02 Å². The molecule has 18 heavy (non-hydrogen) atoms. The van der Waals surface area contributed by atoms with Crippen molar-refractivity contribution >= 4 is 22.6 Å². The zero-order chi connectivity index (χ0) is 13.3. The number of imidazole rings is 1. The summed E-state index contributed by atoms with van der Waals surface area (Å²) in [6.45, 7) is 7.36. The molecule has 1 N–H and O–H groups in total. The molecule has 1 heterocycles. The number of hydrogen-bond acceptors (Lipinski definition) is 2. The topological polar surface area (TPSA) is 29.9 Å². The van der Waals surface area contributed by atoms with Gasteiger partial charge < -0.3 is 9.88 Å². The number of aryl methyl sites for hydroxylation is 2. The van der Waals surface area contributed by atoms with Crippen LogP contribution in [0, 0.1) is 6.92 Å². The van der Waals surface area contributed by atoms with Gasteiger partial charge in [-0.1, -0.05) is 18.5 Å². The molecule has 0 amide bonds. The maximum Gasteiger partial charge on any atom is 0.126 e. The minimum absolute atomic E-state index is 0.250. The molecule has 0 saturated heterocycles. The van der Waals surface area contributed by atoms with Crippen molar-refractivity contribution in [3.8, 4) is 0 Å². The Kier molecular flexibility index (Phi) is 3.93. The molecule has 2 rings (SSSR count). The van der Waals surface area contributed by atoms with Gasteiger partial charge >= 0.3 is 0 Å². The van der Waals surface area contributed by atoms with Crippen LogP contribution >= 0.6 is 11.6 Å². The maximum absolute atomic E-state index is 6.18. The predicted molar refractivity (Wildman–Crippen MR) is 77.2 cm³/mol. The summed E-state index contributed by atoms with van der Waals surface area (Å²) in [4.78, 5) is 4.71. The van der Waals surface area contributed by atoms with Crippen LogP contribution in [0.1, 0.15) is 37.7 Å². The van der Waals surface area contributed by atoms with E-state index < -0.39 is 0 Å². The summed E-state index contributed by atoms with van der Waals surface area (Å²) in [5.74, 6) is 1.06. The second-order valence-electron chi connectivity index (χ2n) is 4.74. The molecule has 0 spiro atoms. The third kappa shape index (κ3) is 2.25. The lowest BCUT2D eigenvalue weighted by atomic mass is 10.2. The van der Waals surface area contributed by atoms with Gasteiger partial charge in [0.15, 0.2) is 0 Å². The van der Waals surface area contributed by atoms with Crippen LogP contribution in [0.4, 0.5) is 0 Å². The van der Waals surface area contributed by atoms with Gasteiger partial charge in [0, 0.05) is 12.1 Å². The highest BCUT2D eigenvalue weighted by Gasteiger charge is 2.15. The minimum atomic E-state index is 0.250. The van der Waals surface area contributed by atoms with Crippen molar-refractivity contribution in [2.45, 2.75) is 33.2 Å². The Bertz CT molecular complexity index is 560. The molecular weight excluding hydrogens is 246 g/mol. The Morgan fingerprint density at radius 1 is 1.44 bits per heavy atom. The fourth-order valence-corrected chi connectivity index (χ4v) is 2.48. The van der Waals surface area contributed by atoms with E-state index in [1.165, 1.54) is 0 Å². The van der Waals surface area contributed by atoms with Gasteiger partial charge in [0.1, 0.15) is 5.82 Å². The molecule has 0 aliphatic carbocycles. The second kappa shape index (κ2) is 5.29. The first-order valence-corrected chi connectivity index (χ1v) is 6.78. The monoisotopic (exact) mass is 265 g/mol. The van der Waals surface area contributed by atoms with Crippen molar-refractivity contribution in [2.24, 2.45) is 7.05 Å². The first-order valence-electron chi connectivity index (χ1n) is 6.41. The molecular formula is C14H20ClN3. The molecule has 4 heteroatoms. The summed E-state index contributed by atoms with van der Waals surface area (Å²) in [5.41, 5.74) is 3.24. The number of nitrogens with one attached hydrogen (secondary N) is 1. The predicted octanol–water partition coefficient (Wildman–Crippen LogP) is 3.60. The van der Waals surface area contributed by atoms with Crippen LogP contribution in [0.25, 0.3) is 11.0 Å². The highest BCUT2D eigenvalue weighted by Crippen LogP contribution is 2.27. The Hall–Kier alpha value is -1.06. The van der Waals surface area contributed by atoms with Crippen LogP contribution < -0.4 is 5.32 Å². The SMILES string of the molecule is CCCNC(C)c1nc2ccc(Cl)c(C)c2n1C. The first kappa shape index (κ1) is 13.4. The van der Waals surface area contributed by atoms with Crippen LogP contribution in [0.5, 0.6) is 0 Å². The number of hydrogen-bond donors (Lipinski definition) is 1. The van der Waals surface area contributed by atoms with Gasteiger partial charge in [-0.15, -0.1) is 0 Å². The lowest BCUT2D eigenvalue weighted by molar-refractivity contribution is 0.532. The smallest absolute Gasteiger partial charge is 0.126 e. The van der Waals surface area contributed by atoms with Gasteiger partial charge in [-0.25, -0.2) is 4.98 Å². The molecule has 2 aromatic rings. The van der Waals surface area contributed by atoms with E-state index in [4.69, 9.17) is 16.6 Å². The summed E-state index contributed by atoms with van der Waals surface area (Å²) in [6.07, 6.45) is 1.12. The number of rotatable bonds is 4. The van der Waals surface area contributed by atoms with E-state index in [1.54, 1.807) is 0 Å². The summed E-state index contributed by atoms with van der Waals surface area (Å²) in [7, 11) is 2.05. The molecule has 0 fully saturated rings. The van der Waals surface area contributed by atoms with E-state index in [0.29, 0.717) is 0 Å². The van der Waals surface area contributed by atoms with Crippen LogP contribution in [-0.4, -0.2) is 16.1 Å². The number of aromatic nitrogens is 2. The van der Waals surface area contributed by atoms with Crippen molar-refractivity contribution < 1.29 is 0 Å². The summed E-state index contributed by atoms with van der Waals surface area (Å²) < 4.78 is 2.14. The average molecular weight is 266 g/mol. The molecule has 1 unspecified atom stereocenters. The third-order valence-electron chi connectivity index (χ3n) is 3.35. The van der Waals surface area contributed by atoms with Crippen LogP contribution in [-0.2, 0) is 7.05 Å². The number of nitrogens with zero attached hydrogens (tertiary/aromatic N) is 2. The third-order valence-corrected chi connectivity index (χ3v) is 3.75. The van der Waals surface area contributed by atoms with Gasteiger partial charge in [-0.2, -0.15) is 0 Å². The van der Waals surface area contributed by atoms with Crippen molar-refractivity contribution in [1.29, 1.82) is 0 Å². The minimum Gasteiger partial charge on any atom is -0.330 e. The van der Waals surface area contributed by atoms with E-state index >= 15 is 0 Å². The van der Waals surface area contributed by atoms with E-state index in [2.05, 4.69) is 30.8 Å². The first-order chi connectivity index (χ1) is 8.56. The summed E-state index contributed by atoms with van der Waals surface area (Å²) >= 11 is 6.18. The fourth-order valence-electron chi connectivity index (χ4n) is 2.33. The van der Waals surface area contributed by atoms with Gasteiger partial charge in [0.05, 0.1) is 17.1 Å². The van der Waals surface area contributed by atoms with Gasteiger partial charge in [-0.3, -0.25) is 0 Å². The lowest BCUT2D eigenvalue weighted by Gasteiger charge is -2.13. The molecule has 0 bridgehead atoms.